The average Bonchev–Trinajstić information content (AvgIpc) is 2.36. The van der Waals surface area contributed by atoms with Crippen LogP contribution in [0.25, 0.3) is 0 Å². The fourth-order valence-corrected chi connectivity index (χ4v) is 2.73. The highest BCUT2D eigenvalue weighted by atomic mass is 16.6. The zero-order valence-corrected chi connectivity index (χ0v) is 10.4. The van der Waals surface area contributed by atoms with E-state index < -0.39 is 0 Å². The highest BCUT2D eigenvalue weighted by Gasteiger charge is 2.49. The van der Waals surface area contributed by atoms with Crippen molar-refractivity contribution in [2.75, 3.05) is 32.8 Å². The summed E-state index contributed by atoms with van der Waals surface area (Å²) in [5, 5.41) is 0. The first-order valence-electron chi connectivity index (χ1n) is 5.95. The molecular formula is C12H21NO3. The van der Waals surface area contributed by atoms with Gasteiger partial charge in [0.05, 0.1) is 18.6 Å². The lowest BCUT2D eigenvalue weighted by molar-refractivity contribution is -0.153. The van der Waals surface area contributed by atoms with E-state index in [1.54, 1.807) is 0 Å². The summed E-state index contributed by atoms with van der Waals surface area (Å²) in [6, 6.07) is 0. The van der Waals surface area contributed by atoms with E-state index in [1.807, 2.05) is 20.8 Å². The van der Waals surface area contributed by atoms with Crippen molar-refractivity contribution in [1.82, 2.24) is 4.90 Å². The predicted molar refractivity (Wildman–Crippen MR) is 60.2 cm³/mol. The predicted octanol–water partition coefficient (Wildman–Crippen LogP) is 1.05. The van der Waals surface area contributed by atoms with E-state index in [4.69, 9.17) is 9.47 Å². The third-order valence-electron chi connectivity index (χ3n) is 3.37. The van der Waals surface area contributed by atoms with Crippen molar-refractivity contribution in [1.29, 1.82) is 0 Å². The molecule has 1 atom stereocenters. The van der Waals surface area contributed by atoms with Gasteiger partial charge in [0, 0.05) is 26.1 Å². The van der Waals surface area contributed by atoms with Crippen LogP contribution in [0.1, 0.15) is 27.2 Å². The summed E-state index contributed by atoms with van der Waals surface area (Å²) in [6.07, 6.45) is 0.802. The highest BCUT2D eigenvalue weighted by molar-refractivity contribution is 5.78. The van der Waals surface area contributed by atoms with Crippen molar-refractivity contribution >= 4 is 5.97 Å². The molecule has 2 fully saturated rings. The second-order valence-corrected chi connectivity index (χ2v) is 5.79. The standard InChI is InChI=1S/C12H21NO3/c1-11(2)8-12(3,16-10(11)14)9-13-4-6-15-7-5-13/h4-9H2,1-3H3. The second-order valence-electron chi connectivity index (χ2n) is 5.79. The minimum absolute atomic E-state index is 0.0664. The molecule has 0 aromatic carbocycles. The highest BCUT2D eigenvalue weighted by Crippen LogP contribution is 2.40. The van der Waals surface area contributed by atoms with Gasteiger partial charge in [0.2, 0.25) is 0 Å². The zero-order chi connectivity index (χ0) is 11.8. The fourth-order valence-electron chi connectivity index (χ4n) is 2.73. The molecule has 16 heavy (non-hydrogen) atoms. The number of nitrogens with zero attached hydrogens (tertiary/aromatic N) is 1. The van der Waals surface area contributed by atoms with Gasteiger partial charge in [0.25, 0.3) is 0 Å². The van der Waals surface area contributed by atoms with Gasteiger partial charge in [-0.15, -0.1) is 0 Å². The quantitative estimate of drug-likeness (QED) is 0.661. The van der Waals surface area contributed by atoms with Crippen LogP contribution in [-0.4, -0.2) is 49.3 Å². The van der Waals surface area contributed by atoms with Crippen LogP contribution < -0.4 is 0 Å². The normalized spacial score (nSPS) is 35.1. The Morgan fingerprint density at radius 3 is 2.38 bits per heavy atom. The van der Waals surface area contributed by atoms with Crippen LogP contribution in [0, 0.1) is 5.41 Å². The van der Waals surface area contributed by atoms with Crippen LogP contribution in [0.2, 0.25) is 0 Å². The SMILES string of the molecule is CC1(CN2CCOCC2)CC(C)(C)C(=O)O1. The lowest BCUT2D eigenvalue weighted by Crippen LogP contribution is -2.46. The Morgan fingerprint density at radius 2 is 1.88 bits per heavy atom. The molecule has 0 saturated carbocycles. The van der Waals surface area contributed by atoms with Crippen molar-refractivity contribution in [2.24, 2.45) is 5.41 Å². The Bertz CT molecular complexity index is 284. The maximum atomic E-state index is 11.7. The summed E-state index contributed by atoms with van der Waals surface area (Å²) < 4.78 is 10.9. The molecule has 2 rings (SSSR count). The summed E-state index contributed by atoms with van der Waals surface area (Å²) >= 11 is 0. The lowest BCUT2D eigenvalue weighted by Gasteiger charge is -2.33. The third-order valence-corrected chi connectivity index (χ3v) is 3.37. The number of rotatable bonds is 2. The van der Waals surface area contributed by atoms with Crippen molar-refractivity contribution in [3.8, 4) is 0 Å². The topological polar surface area (TPSA) is 38.8 Å². The smallest absolute Gasteiger partial charge is 0.312 e. The van der Waals surface area contributed by atoms with Crippen LogP contribution in [0.4, 0.5) is 0 Å². The number of cyclic esters (lactones) is 1. The van der Waals surface area contributed by atoms with Gasteiger partial charge in [-0.25, -0.2) is 0 Å². The number of hydrogen-bond donors (Lipinski definition) is 0. The van der Waals surface area contributed by atoms with Crippen molar-refractivity contribution < 1.29 is 14.3 Å². The van der Waals surface area contributed by atoms with Gasteiger partial charge < -0.3 is 9.47 Å². The zero-order valence-electron chi connectivity index (χ0n) is 10.4. The second kappa shape index (κ2) is 4.00. The summed E-state index contributed by atoms with van der Waals surface area (Å²) in [5.74, 6) is -0.0664. The van der Waals surface area contributed by atoms with E-state index in [9.17, 15) is 4.79 Å². The lowest BCUT2D eigenvalue weighted by atomic mass is 9.84. The molecule has 2 aliphatic rings. The molecule has 1 unspecified atom stereocenters. The largest absolute Gasteiger partial charge is 0.458 e. The van der Waals surface area contributed by atoms with E-state index in [0.29, 0.717) is 0 Å². The van der Waals surface area contributed by atoms with Crippen molar-refractivity contribution in [2.45, 2.75) is 32.8 Å². The number of morpholine rings is 1. The van der Waals surface area contributed by atoms with Crippen LogP contribution in [-0.2, 0) is 14.3 Å². The molecule has 0 spiro atoms. The molecule has 0 aliphatic carbocycles. The van der Waals surface area contributed by atoms with E-state index in [-0.39, 0.29) is 17.0 Å². The Balaban J connectivity index is 1.96. The van der Waals surface area contributed by atoms with Crippen LogP contribution in [0.5, 0.6) is 0 Å². The van der Waals surface area contributed by atoms with Gasteiger partial charge in [-0.1, -0.05) is 0 Å². The Labute approximate surface area is 96.9 Å². The van der Waals surface area contributed by atoms with Gasteiger partial charge in [-0.2, -0.15) is 0 Å². The van der Waals surface area contributed by atoms with Crippen LogP contribution in [0.15, 0.2) is 0 Å². The number of hydrogen-bond acceptors (Lipinski definition) is 4. The molecule has 2 saturated heterocycles. The van der Waals surface area contributed by atoms with Gasteiger partial charge in [-0.3, -0.25) is 9.69 Å². The summed E-state index contributed by atoms with van der Waals surface area (Å²) in [6.45, 7) is 10.2. The van der Waals surface area contributed by atoms with Gasteiger partial charge in [-0.05, 0) is 20.8 Å². The fraction of sp³-hybridized carbons (Fsp3) is 0.917. The first kappa shape index (κ1) is 11.9. The maximum Gasteiger partial charge on any atom is 0.312 e. The molecule has 2 aliphatic heterocycles. The van der Waals surface area contributed by atoms with Gasteiger partial charge in [0.1, 0.15) is 5.60 Å². The molecule has 0 bridgehead atoms. The average molecular weight is 227 g/mol. The van der Waals surface area contributed by atoms with Crippen molar-refractivity contribution in [3.63, 3.8) is 0 Å². The van der Waals surface area contributed by atoms with E-state index in [0.717, 1.165) is 39.3 Å². The first-order valence-corrected chi connectivity index (χ1v) is 5.95. The minimum atomic E-state index is -0.332. The molecule has 0 aromatic rings. The maximum absolute atomic E-state index is 11.7. The molecule has 0 amide bonds. The molecule has 4 heteroatoms. The minimum Gasteiger partial charge on any atom is -0.458 e. The Morgan fingerprint density at radius 1 is 1.25 bits per heavy atom. The summed E-state index contributed by atoms with van der Waals surface area (Å²) in [7, 11) is 0. The summed E-state index contributed by atoms with van der Waals surface area (Å²) in [4.78, 5) is 14.0. The van der Waals surface area contributed by atoms with Gasteiger partial charge >= 0.3 is 5.97 Å². The molecule has 2 heterocycles. The Hall–Kier alpha value is -0.610. The number of carbonyl (C=O) groups is 1. The van der Waals surface area contributed by atoms with E-state index in [1.165, 1.54) is 0 Å². The van der Waals surface area contributed by atoms with Crippen LogP contribution in [0.3, 0.4) is 0 Å². The number of esters is 1. The van der Waals surface area contributed by atoms with E-state index >= 15 is 0 Å². The van der Waals surface area contributed by atoms with Gasteiger partial charge in [0.15, 0.2) is 0 Å². The number of carbonyl (C=O) groups excluding carboxylic acids is 1. The molecule has 92 valence electrons. The number of ether oxygens (including phenoxy) is 2. The first-order chi connectivity index (χ1) is 7.41. The molecule has 4 nitrogen and oxygen atoms in total. The monoisotopic (exact) mass is 227 g/mol. The third kappa shape index (κ3) is 2.38. The molecule has 0 N–H and O–H groups in total. The molecule has 0 aromatic heterocycles. The molecular weight excluding hydrogens is 206 g/mol. The van der Waals surface area contributed by atoms with Crippen molar-refractivity contribution in [3.05, 3.63) is 0 Å². The van der Waals surface area contributed by atoms with Crippen LogP contribution >= 0.6 is 0 Å². The summed E-state index contributed by atoms with van der Waals surface area (Å²) in [5.41, 5.74) is -0.654. The Kier molecular flexibility index (Phi) is 2.97. The van der Waals surface area contributed by atoms with E-state index in [2.05, 4.69) is 4.90 Å². The molecule has 0 radical (unpaired) electrons.